The Morgan fingerprint density at radius 1 is 1.43 bits per heavy atom. The predicted molar refractivity (Wildman–Crippen MR) is 83.9 cm³/mol. The molecule has 0 aliphatic heterocycles. The summed E-state index contributed by atoms with van der Waals surface area (Å²) in [4.78, 5) is 11.9. The van der Waals surface area contributed by atoms with Gasteiger partial charge in [0.05, 0.1) is 23.2 Å². The van der Waals surface area contributed by atoms with Gasteiger partial charge in [-0.05, 0) is 60.8 Å². The molecule has 0 aromatic rings. The van der Waals surface area contributed by atoms with E-state index in [-0.39, 0.29) is 5.97 Å². The van der Waals surface area contributed by atoms with Crippen molar-refractivity contribution >= 4 is 13.5 Å². The van der Waals surface area contributed by atoms with Crippen molar-refractivity contribution in [2.45, 2.75) is 72.0 Å². The van der Waals surface area contributed by atoms with Crippen LogP contribution in [0.3, 0.4) is 0 Å². The van der Waals surface area contributed by atoms with Crippen LogP contribution in [0.25, 0.3) is 0 Å². The van der Waals surface area contributed by atoms with E-state index in [9.17, 15) is 9.90 Å². The van der Waals surface area contributed by atoms with E-state index in [0.29, 0.717) is 13.0 Å². The van der Waals surface area contributed by atoms with Crippen LogP contribution in [0, 0.1) is 5.41 Å². The smallest absolute Gasteiger partial charge is 0.326 e. The summed E-state index contributed by atoms with van der Waals surface area (Å²) in [5, 5.41) is 10.1. The number of carbonyl (C=O) groups excluding carboxylic acids is 1. The monoisotopic (exact) mass is 295 g/mol. The van der Waals surface area contributed by atoms with E-state index in [1.807, 2.05) is 33.8 Å². The van der Waals surface area contributed by atoms with E-state index in [4.69, 9.17) is 9.39 Å². The number of aliphatic hydroxyl groups is 1. The van der Waals surface area contributed by atoms with Gasteiger partial charge in [0.25, 0.3) is 0 Å². The zero-order valence-corrected chi connectivity index (χ0v) is 14.2. The second-order valence-corrected chi connectivity index (χ2v) is 7.07. The Bertz CT molecular complexity index is 409. The van der Waals surface area contributed by atoms with Gasteiger partial charge in [0.15, 0.2) is 0 Å². The van der Waals surface area contributed by atoms with Gasteiger partial charge >= 0.3 is 13.5 Å². The van der Waals surface area contributed by atoms with Gasteiger partial charge in [-0.1, -0.05) is 11.5 Å². The average molecular weight is 295 g/mol. The van der Waals surface area contributed by atoms with Gasteiger partial charge in [-0.3, -0.25) is 4.79 Å². The Morgan fingerprint density at radius 3 is 2.48 bits per heavy atom. The van der Waals surface area contributed by atoms with Gasteiger partial charge in [-0.15, -0.1) is 0 Å². The van der Waals surface area contributed by atoms with Gasteiger partial charge in [-0.25, -0.2) is 0 Å². The second kappa shape index (κ2) is 6.53. The fraction of sp³-hybridized carbons (Fsp3) is 0.812. The lowest BCUT2D eigenvalue weighted by Crippen LogP contribution is -2.48. The summed E-state index contributed by atoms with van der Waals surface area (Å²) in [6.45, 7) is 11.4. The first-order valence-electron chi connectivity index (χ1n) is 7.61. The molecule has 1 aliphatic carbocycles. The predicted octanol–water partition coefficient (Wildman–Crippen LogP) is 2.81. The van der Waals surface area contributed by atoms with E-state index in [0.717, 1.165) is 18.3 Å². The Kier molecular flexibility index (Phi) is 5.67. The van der Waals surface area contributed by atoms with Crippen molar-refractivity contribution in [1.82, 2.24) is 0 Å². The minimum Gasteiger partial charge on any atom is -0.466 e. The third-order valence-corrected chi connectivity index (χ3v) is 4.53. The SMILES string of the molecule is CCOC(=O)C1(C)CC=C([B]OC(C)(C)C(C)(C)O)CC1. The van der Waals surface area contributed by atoms with Crippen molar-refractivity contribution in [3.05, 3.63) is 11.5 Å². The molecule has 0 aromatic heterocycles. The van der Waals surface area contributed by atoms with E-state index < -0.39 is 16.6 Å². The van der Waals surface area contributed by atoms with E-state index in [1.54, 1.807) is 21.3 Å². The third-order valence-electron chi connectivity index (χ3n) is 4.53. The molecule has 1 unspecified atom stereocenters. The number of ether oxygens (including phenoxy) is 1. The van der Waals surface area contributed by atoms with Crippen LogP contribution in [-0.2, 0) is 14.2 Å². The topological polar surface area (TPSA) is 55.8 Å². The molecule has 0 spiro atoms. The highest BCUT2D eigenvalue weighted by Crippen LogP contribution is 2.36. The summed E-state index contributed by atoms with van der Waals surface area (Å²) < 4.78 is 10.9. The summed E-state index contributed by atoms with van der Waals surface area (Å²) in [5.74, 6) is -0.127. The van der Waals surface area contributed by atoms with Crippen LogP contribution in [0.15, 0.2) is 11.5 Å². The molecule has 119 valence electrons. The van der Waals surface area contributed by atoms with Gasteiger partial charge in [0.2, 0.25) is 0 Å². The normalized spacial score (nSPS) is 23.5. The number of esters is 1. The molecule has 1 atom stereocenters. The summed E-state index contributed by atoms with van der Waals surface area (Å²) in [6.07, 6.45) is 4.21. The molecular weight excluding hydrogens is 267 g/mol. The number of carbonyl (C=O) groups is 1. The molecule has 0 saturated heterocycles. The van der Waals surface area contributed by atoms with Crippen molar-refractivity contribution in [1.29, 1.82) is 0 Å². The average Bonchev–Trinajstić information content (AvgIpc) is 2.37. The zero-order valence-electron chi connectivity index (χ0n) is 14.2. The Balaban J connectivity index is 2.59. The van der Waals surface area contributed by atoms with Gasteiger partial charge in [-0.2, -0.15) is 0 Å². The molecule has 4 nitrogen and oxygen atoms in total. The minimum absolute atomic E-state index is 0.127. The molecular formula is C16H28BO4. The van der Waals surface area contributed by atoms with Crippen LogP contribution in [0.4, 0.5) is 0 Å². The number of hydrogen-bond donors (Lipinski definition) is 1. The number of allylic oxidation sites excluding steroid dienone is 2. The molecule has 1 aliphatic rings. The first-order chi connectivity index (χ1) is 9.52. The molecule has 21 heavy (non-hydrogen) atoms. The minimum atomic E-state index is -0.932. The number of rotatable bonds is 6. The molecule has 5 heteroatoms. The molecule has 0 heterocycles. The zero-order chi connectivity index (χ0) is 16.3. The molecule has 0 bridgehead atoms. The Labute approximate surface area is 129 Å². The quantitative estimate of drug-likeness (QED) is 0.604. The Morgan fingerprint density at radius 2 is 2.05 bits per heavy atom. The summed E-state index contributed by atoms with van der Waals surface area (Å²) >= 11 is 0. The van der Waals surface area contributed by atoms with Crippen LogP contribution < -0.4 is 0 Å². The second-order valence-electron chi connectivity index (χ2n) is 7.07. The number of hydrogen-bond acceptors (Lipinski definition) is 4. The summed E-state index contributed by atoms with van der Waals surface area (Å²) in [7, 11) is 1.71. The standard InChI is InChI=1S/C16H28BO4/c1-7-20-13(18)16(6)10-8-12(9-11-16)17-21-15(4,5)14(2,3)19/h8,19H,7,9-11H2,1-6H3. The summed E-state index contributed by atoms with van der Waals surface area (Å²) in [6, 6.07) is 0. The molecule has 0 amide bonds. The highest BCUT2D eigenvalue weighted by atomic mass is 16.5. The van der Waals surface area contributed by atoms with Gasteiger partial charge < -0.3 is 14.5 Å². The fourth-order valence-corrected chi connectivity index (χ4v) is 1.95. The molecule has 1 radical (unpaired) electrons. The van der Waals surface area contributed by atoms with Crippen LogP contribution in [-0.4, -0.2) is 36.4 Å². The van der Waals surface area contributed by atoms with Crippen molar-refractivity contribution in [2.75, 3.05) is 6.61 Å². The maximum absolute atomic E-state index is 11.9. The van der Waals surface area contributed by atoms with Crippen LogP contribution in [0.5, 0.6) is 0 Å². The lowest BCUT2D eigenvalue weighted by atomic mass is 9.69. The highest BCUT2D eigenvalue weighted by molar-refractivity contribution is 6.38. The van der Waals surface area contributed by atoms with E-state index in [1.165, 1.54) is 0 Å². The first kappa shape index (κ1) is 18.2. The fourth-order valence-electron chi connectivity index (χ4n) is 1.95. The molecule has 0 aromatic carbocycles. The molecule has 1 N–H and O–H groups in total. The largest absolute Gasteiger partial charge is 0.466 e. The van der Waals surface area contributed by atoms with Crippen molar-refractivity contribution in [3.63, 3.8) is 0 Å². The third kappa shape index (κ3) is 4.58. The van der Waals surface area contributed by atoms with Crippen LogP contribution in [0.2, 0.25) is 0 Å². The molecule has 1 rings (SSSR count). The Hall–Kier alpha value is -0.805. The lowest BCUT2D eigenvalue weighted by molar-refractivity contribution is -0.154. The highest BCUT2D eigenvalue weighted by Gasteiger charge is 2.38. The van der Waals surface area contributed by atoms with Crippen molar-refractivity contribution in [3.8, 4) is 0 Å². The van der Waals surface area contributed by atoms with Crippen molar-refractivity contribution in [2.24, 2.45) is 5.41 Å². The van der Waals surface area contributed by atoms with Gasteiger partial charge in [0, 0.05) is 0 Å². The molecule has 0 fully saturated rings. The maximum atomic E-state index is 11.9. The van der Waals surface area contributed by atoms with Crippen LogP contribution in [0.1, 0.15) is 60.8 Å². The summed E-state index contributed by atoms with van der Waals surface area (Å²) in [5.41, 5.74) is -0.971. The van der Waals surface area contributed by atoms with Crippen LogP contribution >= 0.6 is 0 Å². The molecule has 0 saturated carbocycles. The van der Waals surface area contributed by atoms with E-state index in [2.05, 4.69) is 0 Å². The lowest BCUT2D eigenvalue weighted by Gasteiger charge is -2.38. The van der Waals surface area contributed by atoms with E-state index >= 15 is 0 Å². The van der Waals surface area contributed by atoms with Crippen molar-refractivity contribution < 1.29 is 19.3 Å². The van der Waals surface area contributed by atoms with Gasteiger partial charge in [0.1, 0.15) is 0 Å². The maximum Gasteiger partial charge on any atom is 0.326 e. The first-order valence-corrected chi connectivity index (χ1v) is 7.61.